The minimum atomic E-state index is 0.309. The number of hydrogen-bond donors (Lipinski definition) is 1. The van der Waals surface area contributed by atoms with Crippen LogP contribution in [0.15, 0.2) is 17.0 Å². The molecular weight excluding hydrogens is 166 g/mol. The first-order valence-corrected chi connectivity index (χ1v) is 4.61. The average molecular weight is 181 g/mol. The summed E-state index contributed by atoms with van der Waals surface area (Å²) in [5.74, 6) is 0.953. The van der Waals surface area contributed by atoms with Crippen LogP contribution >= 0.6 is 0 Å². The van der Waals surface area contributed by atoms with E-state index in [9.17, 15) is 0 Å². The monoisotopic (exact) mass is 181 g/mol. The number of piperidine rings is 1. The van der Waals surface area contributed by atoms with Crippen LogP contribution in [0.3, 0.4) is 0 Å². The first-order chi connectivity index (χ1) is 6.27. The highest BCUT2D eigenvalue weighted by Crippen LogP contribution is 2.28. The minimum Gasteiger partial charge on any atom is -0.447 e. The summed E-state index contributed by atoms with van der Waals surface area (Å²) >= 11 is 0. The van der Waals surface area contributed by atoms with Gasteiger partial charge in [-0.25, -0.2) is 4.98 Å². The van der Waals surface area contributed by atoms with Crippen LogP contribution in [0.1, 0.15) is 24.6 Å². The van der Waals surface area contributed by atoms with Gasteiger partial charge in [-0.05, 0) is 19.9 Å². The van der Waals surface area contributed by atoms with Gasteiger partial charge in [0.15, 0.2) is 6.39 Å². The molecule has 0 aliphatic carbocycles. The lowest BCUT2D eigenvalue weighted by Crippen LogP contribution is -2.42. The Bertz CT molecular complexity index is 260. The summed E-state index contributed by atoms with van der Waals surface area (Å²) in [7, 11) is 2.08. The number of rotatable bonds is 1. The van der Waals surface area contributed by atoms with Gasteiger partial charge < -0.3 is 10.2 Å². The molecule has 72 valence electrons. The maximum atomic E-state index is 5.85. The van der Waals surface area contributed by atoms with Gasteiger partial charge in [-0.3, -0.25) is 4.90 Å². The normalized spacial score (nSPS) is 30.6. The van der Waals surface area contributed by atoms with Gasteiger partial charge in [0.2, 0.25) is 0 Å². The number of likely N-dealkylation sites (tertiary alicyclic amines) is 1. The maximum Gasteiger partial charge on any atom is 0.180 e. The van der Waals surface area contributed by atoms with Crippen molar-refractivity contribution in [2.24, 2.45) is 5.73 Å². The smallest absolute Gasteiger partial charge is 0.180 e. The number of oxazole rings is 1. The molecule has 4 heteroatoms. The predicted molar refractivity (Wildman–Crippen MR) is 49.1 cm³/mol. The fourth-order valence-electron chi connectivity index (χ4n) is 1.93. The lowest BCUT2D eigenvalue weighted by Gasteiger charge is -2.34. The van der Waals surface area contributed by atoms with Crippen LogP contribution in [0.5, 0.6) is 0 Å². The molecule has 0 radical (unpaired) electrons. The van der Waals surface area contributed by atoms with Crippen LogP contribution in [0, 0.1) is 0 Å². The SMILES string of the molecule is CN1CC(N)CCC1c1cnco1. The molecule has 13 heavy (non-hydrogen) atoms. The van der Waals surface area contributed by atoms with Crippen molar-refractivity contribution in [3.05, 3.63) is 18.4 Å². The maximum absolute atomic E-state index is 5.85. The molecule has 2 atom stereocenters. The van der Waals surface area contributed by atoms with Gasteiger partial charge >= 0.3 is 0 Å². The molecule has 2 N–H and O–H groups in total. The summed E-state index contributed by atoms with van der Waals surface area (Å²) in [6.45, 7) is 0.936. The van der Waals surface area contributed by atoms with Crippen LogP contribution in [-0.2, 0) is 0 Å². The molecule has 2 rings (SSSR count). The quantitative estimate of drug-likeness (QED) is 0.695. The molecule has 1 fully saturated rings. The highest BCUT2D eigenvalue weighted by molar-refractivity contribution is 5.00. The topological polar surface area (TPSA) is 55.3 Å². The number of aromatic nitrogens is 1. The summed E-state index contributed by atoms with van der Waals surface area (Å²) in [4.78, 5) is 6.16. The van der Waals surface area contributed by atoms with Crippen LogP contribution in [0.4, 0.5) is 0 Å². The van der Waals surface area contributed by atoms with Gasteiger partial charge in [0, 0.05) is 12.6 Å². The van der Waals surface area contributed by atoms with Crippen molar-refractivity contribution in [3.63, 3.8) is 0 Å². The Morgan fingerprint density at radius 2 is 2.46 bits per heavy atom. The molecule has 1 aliphatic heterocycles. The standard InChI is InChI=1S/C9H15N3O/c1-12-5-7(10)2-3-8(12)9-4-11-6-13-9/h4,6-8H,2-3,5,10H2,1H3. The Balaban J connectivity index is 2.08. The first-order valence-electron chi connectivity index (χ1n) is 4.61. The third-order valence-corrected chi connectivity index (χ3v) is 2.65. The van der Waals surface area contributed by atoms with Crippen LogP contribution in [-0.4, -0.2) is 29.5 Å². The van der Waals surface area contributed by atoms with Crippen molar-refractivity contribution >= 4 is 0 Å². The fourth-order valence-corrected chi connectivity index (χ4v) is 1.93. The third kappa shape index (κ3) is 1.73. The second-order valence-electron chi connectivity index (χ2n) is 3.70. The lowest BCUT2D eigenvalue weighted by atomic mass is 9.98. The second kappa shape index (κ2) is 3.47. The Labute approximate surface area is 77.7 Å². The average Bonchev–Trinajstić information content (AvgIpc) is 2.56. The van der Waals surface area contributed by atoms with E-state index < -0.39 is 0 Å². The molecule has 0 spiro atoms. The van der Waals surface area contributed by atoms with E-state index in [1.54, 1.807) is 6.20 Å². The molecule has 2 heterocycles. The number of nitrogens with zero attached hydrogens (tertiary/aromatic N) is 2. The van der Waals surface area contributed by atoms with Crippen LogP contribution < -0.4 is 5.73 Å². The van der Waals surface area contributed by atoms with E-state index in [1.807, 2.05) is 0 Å². The minimum absolute atomic E-state index is 0.309. The molecule has 0 aromatic carbocycles. The van der Waals surface area contributed by atoms with Crippen molar-refractivity contribution < 1.29 is 4.42 Å². The zero-order chi connectivity index (χ0) is 9.26. The van der Waals surface area contributed by atoms with E-state index >= 15 is 0 Å². The molecule has 1 aromatic heterocycles. The van der Waals surface area contributed by atoms with E-state index in [2.05, 4.69) is 16.9 Å². The highest BCUT2D eigenvalue weighted by Gasteiger charge is 2.26. The molecule has 0 amide bonds. The van der Waals surface area contributed by atoms with Crippen molar-refractivity contribution in [1.82, 2.24) is 9.88 Å². The van der Waals surface area contributed by atoms with E-state index in [0.29, 0.717) is 12.1 Å². The molecule has 0 saturated carbocycles. The largest absolute Gasteiger partial charge is 0.447 e. The molecular formula is C9H15N3O. The zero-order valence-electron chi connectivity index (χ0n) is 7.81. The molecule has 2 unspecified atom stereocenters. The molecule has 1 aliphatic rings. The van der Waals surface area contributed by atoms with Gasteiger partial charge in [0.25, 0.3) is 0 Å². The van der Waals surface area contributed by atoms with Crippen LogP contribution in [0.25, 0.3) is 0 Å². The third-order valence-electron chi connectivity index (χ3n) is 2.65. The molecule has 1 aromatic rings. The summed E-state index contributed by atoms with van der Waals surface area (Å²) in [6, 6.07) is 0.673. The van der Waals surface area contributed by atoms with Crippen molar-refractivity contribution in [2.45, 2.75) is 24.9 Å². The van der Waals surface area contributed by atoms with Crippen molar-refractivity contribution in [3.8, 4) is 0 Å². The van der Waals surface area contributed by atoms with Crippen LogP contribution in [0.2, 0.25) is 0 Å². The van der Waals surface area contributed by atoms with Gasteiger partial charge in [-0.2, -0.15) is 0 Å². The number of likely N-dealkylation sites (N-methyl/N-ethyl adjacent to an activating group) is 1. The van der Waals surface area contributed by atoms with E-state index in [-0.39, 0.29) is 0 Å². The zero-order valence-corrected chi connectivity index (χ0v) is 7.81. The summed E-state index contributed by atoms with van der Waals surface area (Å²) < 4.78 is 5.29. The summed E-state index contributed by atoms with van der Waals surface area (Å²) in [5.41, 5.74) is 5.85. The summed E-state index contributed by atoms with van der Waals surface area (Å²) in [6.07, 6.45) is 5.40. The first kappa shape index (κ1) is 8.72. The van der Waals surface area contributed by atoms with Crippen molar-refractivity contribution in [1.29, 1.82) is 0 Å². The number of nitrogens with two attached hydrogens (primary N) is 1. The lowest BCUT2D eigenvalue weighted by molar-refractivity contribution is 0.149. The molecule has 1 saturated heterocycles. The molecule has 4 nitrogen and oxygen atoms in total. The summed E-state index contributed by atoms with van der Waals surface area (Å²) in [5, 5.41) is 0. The van der Waals surface area contributed by atoms with Gasteiger partial charge in [0.1, 0.15) is 5.76 Å². The Hall–Kier alpha value is -0.870. The van der Waals surface area contributed by atoms with Gasteiger partial charge in [0.05, 0.1) is 12.2 Å². The number of hydrogen-bond acceptors (Lipinski definition) is 4. The second-order valence-corrected chi connectivity index (χ2v) is 3.70. The van der Waals surface area contributed by atoms with E-state index in [1.165, 1.54) is 6.39 Å². The Morgan fingerprint density at radius 3 is 3.08 bits per heavy atom. The molecule has 0 bridgehead atoms. The van der Waals surface area contributed by atoms with E-state index in [0.717, 1.165) is 25.1 Å². The fraction of sp³-hybridized carbons (Fsp3) is 0.667. The highest BCUT2D eigenvalue weighted by atomic mass is 16.3. The van der Waals surface area contributed by atoms with Crippen molar-refractivity contribution in [2.75, 3.05) is 13.6 Å². The predicted octanol–water partition coefficient (Wildman–Crippen LogP) is 0.769. The Morgan fingerprint density at radius 1 is 1.62 bits per heavy atom. The van der Waals surface area contributed by atoms with Gasteiger partial charge in [-0.1, -0.05) is 0 Å². The Kier molecular flexibility index (Phi) is 2.33. The van der Waals surface area contributed by atoms with Gasteiger partial charge in [-0.15, -0.1) is 0 Å². The van der Waals surface area contributed by atoms with E-state index in [4.69, 9.17) is 10.2 Å².